The molecule has 1 aromatic carbocycles. The van der Waals surface area contributed by atoms with Gasteiger partial charge in [0.1, 0.15) is 5.82 Å². The molecule has 0 aliphatic carbocycles. The van der Waals surface area contributed by atoms with E-state index in [2.05, 4.69) is 5.32 Å². The predicted octanol–water partition coefficient (Wildman–Crippen LogP) is 2.48. The smallest absolute Gasteiger partial charge is 0.129 e. The lowest BCUT2D eigenvalue weighted by atomic mass is 9.94. The Kier molecular flexibility index (Phi) is 2.08. The Hall–Kier alpha value is -0.890. The molecule has 0 unspecified atom stereocenters. The molecular weight excluding hydrogens is 165 g/mol. The fraction of sp³-hybridized carbons (Fsp3) is 0.455. The molecule has 1 atom stereocenters. The monoisotopic (exact) mass is 179 g/mol. The average molecular weight is 179 g/mol. The van der Waals surface area contributed by atoms with Gasteiger partial charge in [-0.05, 0) is 43.5 Å². The van der Waals surface area contributed by atoms with Crippen LogP contribution in [0.2, 0.25) is 0 Å². The maximum absolute atomic E-state index is 13.3. The highest BCUT2D eigenvalue weighted by atomic mass is 19.1. The van der Waals surface area contributed by atoms with Crippen LogP contribution in [0.15, 0.2) is 12.1 Å². The molecule has 0 amide bonds. The lowest BCUT2D eigenvalue weighted by Crippen LogP contribution is -2.35. The Morgan fingerprint density at radius 3 is 2.23 bits per heavy atom. The zero-order valence-corrected chi connectivity index (χ0v) is 8.02. The standard InChI is InChI=1S/C11H14FN/c1-7-5-9(10-3-4-13-10)6-8(2)11(7)12/h5-6,10,13H,3-4H2,1-2H3/t10-/m0/s1. The van der Waals surface area contributed by atoms with E-state index in [1.807, 2.05) is 26.0 Å². The van der Waals surface area contributed by atoms with E-state index in [1.165, 1.54) is 12.0 Å². The highest BCUT2D eigenvalue weighted by Gasteiger charge is 2.19. The summed E-state index contributed by atoms with van der Waals surface area (Å²) in [7, 11) is 0. The molecular formula is C11H14FN. The van der Waals surface area contributed by atoms with Crippen molar-refractivity contribution in [3.63, 3.8) is 0 Å². The summed E-state index contributed by atoms with van der Waals surface area (Å²) in [6, 6.07) is 4.34. The van der Waals surface area contributed by atoms with Crippen molar-refractivity contribution in [3.05, 3.63) is 34.6 Å². The van der Waals surface area contributed by atoms with Crippen molar-refractivity contribution >= 4 is 0 Å². The second-order valence-corrected chi connectivity index (χ2v) is 3.76. The lowest BCUT2D eigenvalue weighted by Gasteiger charge is -2.28. The molecule has 0 aromatic heterocycles. The first-order chi connectivity index (χ1) is 6.18. The average Bonchev–Trinajstić information content (AvgIpc) is 1.96. The zero-order valence-electron chi connectivity index (χ0n) is 8.02. The Morgan fingerprint density at radius 2 is 1.85 bits per heavy atom. The topological polar surface area (TPSA) is 12.0 Å². The zero-order chi connectivity index (χ0) is 9.42. The van der Waals surface area contributed by atoms with Gasteiger partial charge in [0, 0.05) is 6.04 Å². The SMILES string of the molecule is Cc1cc([C@@H]2CCN2)cc(C)c1F. The second kappa shape index (κ2) is 3.11. The van der Waals surface area contributed by atoms with E-state index in [1.54, 1.807) is 0 Å². The summed E-state index contributed by atoms with van der Waals surface area (Å²) in [5.41, 5.74) is 2.73. The Morgan fingerprint density at radius 1 is 1.31 bits per heavy atom. The molecule has 1 fully saturated rings. The van der Waals surface area contributed by atoms with Gasteiger partial charge in [0.15, 0.2) is 0 Å². The van der Waals surface area contributed by atoms with Crippen LogP contribution in [0.4, 0.5) is 4.39 Å². The summed E-state index contributed by atoms with van der Waals surface area (Å²) in [5, 5.41) is 3.31. The first kappa shape index (κ1) is 8.70. The van der Waals surface area contributed by atoms with E-state index >= 15 is 0 Å². The Labute approximate surface area is 78.0 Å². The number of halogens is 1. The third kappa shape index (κ3) is 1.46. The Bertz CT molecular complexity index is 306. The van der Waals surface area contributed by atoms with Gasteiger partial charge >= 0.3 is 0 Å². The van der Waals surface area contributed by atoms with Crippen LogP contribution in [0, 0.1) is 19.7 Å². The van der Waals surface area contributed by atoms with Crippen LogP contribution < -0.4 is 5.32 Å². The molecule has 1 aliphatic rings. The van der Waals surface area contributed by atoms with Crippen LogP contribution >= 0.6 is 0 Å². The summed E-state index contributed by atoms with van der Waals surface area (Å²) in [4.78, 5) is 0. The van der Waals surface area contributed by atoms with Crippen molar-refractivity contribution in [3.8, 4) is 0 Å². The minimum atomic E-state index is -0.0666. The highest BCUT2D eigenvalue weighted by Crippen LogP contribution is 2.26. The molecule has 0 radical (unpaired) electrons. The van der Waals surface area contributed by atoms with Gasteiger partial charge in [0.25, 0.3) is 0 Å². The van der Waals surface area contributed by atoms with Gasteiger partial charge in [-0.25, -0.2) is 4.39 Å². The van der Waals surface area contributed by atoms with Gasteiger partial charge < -0.3 is 5.32 Å². The van der Waals surface area contributed by atoms with Crippen LogP contribution in [-0.2, 0) is 0 Å². The summed E-state index contributed by atoms with van der Waals surface area (Å²) in [5.74, 6) is -0.0666. The number of hydrogen-bond donors (Lipinski definition) is 1. The molecule has 1 heterocycles. The third-order valence-corrected chi connectivity index (χ3v) is 2.68. The van der Waals surface area contributed by atoms with E-state index in [0.29, 0.717) is 6.04 Å². The maximum atomic E-state index is 13.3. The van der Waals surface area contributed by atoms with Gasteiger partial charge in [-0.2, -0.15) is 0 Å². The van der Waals surface area contributed by atoms with Crippen LogP contribution in [0.3, 0.4) is 0 Å². The van der Waals surface area contributed by atoms with Gasteiger partial charge in [-0.3, -0.25) is 0 Å². The highest BCUT2D eigenvalue weighted by molar-refractivity contribution is 5.33. The summed E-state index contributed by atoms with van der Waals surface area (Å²) in [6.45, 7) is 4.73. The second-order valence-electron chi connectivity index (χ2n) is 3.76. The van der Waals surface area contributed by atoms with Crippen LogP contribution in [0.5, 0.6) is 0 Å². The normalized spacial score (nSPS) is 21.3. The molecule has 70 valence electrons. The lowest BCUT2D eigenvalue weighted by molar-refractivity contribution is 0.382. The first-order valence-corrected chi connectivity index (χ1v) is 4.68. The molecule has 2 heteroatoms. The van der Waals surface area contributed by atoms with Crippen molar-refractivity contribution in [2.24, 2.45) is 0 Å². The van der Waals surface area contributed by atoms with Crippen LogP contribution in [0.1, 0.15) is 29.2 Å². The maximum Gasteiger partial charge on any atom is 0.129 e. The number of nitrogens with one attached hydrogen (secondary N) is 1. The van der Waals surface area contributed by atoms with Gasteiger partial charge in [0.05, 0.1) is 0 Å². The van der Waals surface area contributed by atoms with Gasteiger partial charge in [-0.1, -0.05) is 12.1 Å². The number of benzene rings is 1. The predicted molar refractivity (Wildman–Crippen MR) is 51.2 cm³/mol. The molecule has 1 aromatic rings. The van der Waals surface area contributed by atoms with Crippen molar-refractivity contribution in [2.45, 2.75) is 26.3 Å². The van der Waals surface area contributed by atoms with Crippen LogP contribution in [-0.4, -0.2) is 6.54 Å². The van der Waals surface area contributed by atoms with Crippen molar-refractivity contribution < 1.29 is 4.39 Å². The quantitative estimate of drug-likeness (QED) is 0.698. The van der Waals surface area contributed by atoms with E-state index < -0.39 is 0 Å². The molecule has 1 nitrogen and oxygen atoms in total. The number of rotatable bonds is 1. The number of hydrogen-bond acceptors (Lipinski definition) is 1. The van der Waals surface area contributed by atoms with E-state index in [9.17, 15) is 4.39 Å². The molecule has 0 spiro atoms. The van der Waals surface area contributed by atoms with Crippen molar-refractivity contribution in [1.29, 1.82) is 0 Å². The fourth-order valence-corrected chi connectivity index (χ4v) is 1.75. The number of aryl methyl sites for hydroxylation is 2. The largest absolute Gasteiger partial charge is 0.310 e. The summed E-state index contributed by atoms with van der Waals surface area (Å²) < 4.78 is 13.3. The van der Waals surface area contributed by atoms with Crippen molar-refractivity contribution in [1.82, 2.24) is 5.32 Å². The first-order valence-electron chi connectivity index (χ1n) is 4.68. The minimum Gasteiger partial charge on any atom is -0.310 e. The van der Waals surface area contributed by atoms with Gasteiger partial charge in [-0.15, -0.1) is 0 Å². The van der Waals surface area contributed by atoms with Crippen molar-refractivity contribution in [2.75, 3.05) is 6.54 Å². The minimum absolute atomic E-state index is 0.0666. The molecule has 1 N–H and O–H groups in total. The summed E-state index contributed by atoms with van der Waals surface area (Å²) >= 11 is 0. The molecule has 2 rings (SSSR count). The van der Waals surface area contributed by atoms with E-state index in [-0.39, 0.29) is 5.82 Å². The van der Waals surface area contributed by atoms with Crippen LogP contribution in [0.25, 0.3) is 0 Å². The summed E-state index contributed by atoms with van der Waals surface area (Å²) in [6.07, 6.45) is 1.17. The molecule has 0 bridgehead atoms. The molecule has 13 heavy (non-hydrogen) atoms. The Balaban J connectivity index is 2.37. The third-order valence-electron chi connectivity index (χ3n) is 2.68. The molecule has 1 saturated heterocycles. The van der Waals surface area contributed by atoms with E-state index in [0.717, 1.165) is 17.7 Å². The molecule has 0 saturated carbocycles. The van der Waals surface area contributed by atoms with Gasteiger partial charge in [0.2, 0.25) is 0 Å². The fourth-order valence-electron chi connectivity index (χ4n) is 1.75. The van der Waals surface area contributed by atoms with E-state index in [4.69, 9.17) is 0 Å². The molecule has 1 aliphatic heterocycles.